The molecule has 2 aromatic rings. The molecular weight excluding hydrogens is 450 g/mol. The summed E-state index contributed by atoms with van der Waals surface area (Å²) in [6, 6.07) is 16.3. The molecule has 1 heterocycles. The number of carbonyl (C=O) groups is 2. The quantitative estimate of drug-likeness (QED) is 0.428. The lowest BCUT2D eigenvalue weighted by Gasteiger charge is -2.44. The third-order valence-corrected chi connectivity index (χ3v) is 7.33. The van der Waals surface area contributed by atoms with Crippen molar-refractivity contribution in [3.8, 4) is 11.5 Å². The van der Waals surface area contributed by atoms with Crippen LogP contribution < -0.4 is 9.47 Å². The third kappa shape index (κ3) is 4.59. The van der Waals surface area contributed by atoms with E-state index in [1.807, 2.05) is 43.3 Å². The Labute approximate surface area is 213 Å². The number of rotatable bonds is 8. The summed E-state index contributed by atoms with van der Waals surface area (Å²) in [5.74, 6) is 1.35. The summed E-state index contributed by atoms with van der Waals surface area (Å²) in [5.41, 5.74) is 5.91. The van der Waals surface area contributed by atoms with Gasteiger partial charge >= 0.3 is 0 Å². The Balaban J connectivity index is 1.65. The van der Waals surface area contributed by atoms with Gasteiger partial charge in [0.25, 0.3) is 0 Å². The molecule has 0 N–H and O–H groups in total. The highest BCUT2D eigenvalue weighted by Crippen LogP contribution is 2.50. The van der Waals surface area contributed by atoms with Crippen LogP contribution >= 0.6 is 0 Å². The number of nitrogens with zero attached hydrogens (tertiary/aromatic N) is 1. The van der Waals surface area contributed by atoms with E-state index in [4.69, 9.17) is 9.47 Å². The van der Waals surface area contributed by atoms with Crippen molar-refractivity contribution in [1.82, 2.24) is 4.90 Å². The van der Waals surface area contributed by atoms with E-state index in [9.17, 15) is 9.59 Å². The normalized spacial score (nSPS) is 18.3. The lowest BCUT2D eigenvalue weighted by Crippen LogP contribution is -2.38. The van der Waals surface area contributed by atoms with Gasteiger partial charge in [-0.1, -0.05) is 43.3 Å². The largest absolute Gasteiger partial charge is 0.490 e. The van der Waals surface area contributed by atoms with Crippen LogP contribution in [0.2, 0.25) is 0 Å². The molecule has 0 saturated heterocycles. The second kappa shape index (κ2) is 10.7. The van der Waals surface area contributed by atoms with Crippen LogP contribution in [0.3, 0.4) is 0 Å². The van der Waals surface area contributed by atoms with Crippen molar-refractivity contribution in [3.05, 3.63) is 82.2 Å². The lowest BCUT2D eigenvalue weighted by molar-refractivity contribution is -0.117. The molecule has 1 aliphatic heterocycles. The first-order valence-corrected chi connectivity index (χ1v) is 13.4. The zero-order chi connectivity index (χ0) is 25.1. The van der Waals surface area contributed by atoms with Crippen molar-refractivity contribution < 1.29 is 19.1 Å². The third-order valence-electron chi connectivity index (χ3n) is 7.33. The van der Waals surface area contributed by atoms with Crippen LogP contribution in [0.4, 0.5) is 0 Å². The summed E-state index contributed by atoms with van der Waals surface area (Å²) in [6.07, 6.45) is 5.36. The molecule has 188 valence electrons. The summed E-state index contributed by atoms with van der Waals surface area (Å²) in [6.45, 7) is 5.83. The molecule has 5 rings (SSSR count). The fourth-order valence-corrected chi connectivity index (χ4v) is 5.81. The number of Topliss-reactive ketones (excluding diaryl/α,β-unsaturated/α-hetero) is 2. The SMILES string of the molecule is CCCOc1ccc(C2C3=C(CCCC3=O)N(Cc3ccccc3)C3=C2C(=O)CCC3)cc1OCC. The van der Waals surface area contributed by atoms with Gasteiger partial charge in [0.15, 0.2) is 23.1 Å². The first kappa shape index (κ1) is 24.4. The Kier molecular flexibility index (Phi) is 7.26. The number of hydrogen-bond acceptors (Lipinski definition) is 5. The average molecular weight is 486 g/mol. The predicted molar refractivity (Wildman–Crippen MR) is 140 cm³/mol. The number of carbonyl (C=O) groups excluding carboxylic acids is 2. The predicted octanol–water partition coefficient (Wildman–Crippen LogP) is 6.49. The fraction of sp³-hybridized carbons (Fsp3) is 0.419. The summed E-state index contributed by atoms with van der Waals surface area (Å²) in [5, 5.41) is 0. The molecule has 3 aliphatic rings. The average Bonchev–Trinajstić information content (AvgIpc) is 2.89. The van der Waals surface area contributed by atoms with E-state index in [1.165, 1.54) is 5.56 Å². The van der Waals surface area contributed by atoms with Gasteiger partial charge in [-0.15, -0.1) is 0 Å². The molecule has 0 saturated carbocycles. The zero-order valence-corrected chi connectivity index (χ0v) is 21.3. The Bertz CT molecular complexity index is 1170. The molecule has 0 aromatic heterocycles. The summed E-state index contributed by atoms with van der Waals surface area (Å²) in [4.78, 5) is 29.4. The Morgan fingerprint density at radius 1 is 0.806 bits per heavy atom. The molecule has 0 bridgehead atoms. The van der Waals surface area contributed by atoms with E-state index < -0.39 is 0 Å². The summed E-state index contributed by atoms with van der Waals surface area (Å²) in [7, 11) is 0. The van der Waals surface area contributed by atoms with Gasteiger partial charge in [0, 0.05) is 47.8 Å². The van der Waals surface area contributed by atoms with Gasteiger partial charge in [-0.2, -0.15) is 0 Å². The molecule has 36 heavy (non-hydrogen) atoms. The Morgan fingerprint density at radius 2 is 1.47 bits per heavy atom. The molecule has 2 aromatic carbocycles. The van der Waals surface area contributed by atoms with Gasteiger partial charge in [-0.05, 0) is 62.3 Å². The Morgan fingerprint density at radius 3 is 2.08 bits per heavy atom. The number of hydrogen-bond donors (Lipinski definition) is 0. The van der Waals surface area contributed by atoms with E-state index in [2.05, 4.69) is 24.0 Å². The molecule has 0 amide bonds. The van der Waals surface area contributed by atoms with E-state index in [0.29, 0.717) is 44.1 Å². The van der Waals surface area contributed by atoms with Gasteiger partial charge in [-0.25, -0.2) is 0 Å². The minimum absolute atomic E-state index is 0.161. The fourth-order valence-electron chi connectivity index (χ4n) is 5.81. The van der Waals surface area contributed by atoms with Crippen LogP contribution in [0.5, 0.6) is 11.5 Å². The molecule has 0 fully saturated rings. The highest BCUT2D eigenvalue weighted by molar-refractivity contribution is 6.06. The first-order chi connectivity index (χ1) is 17.6. The van der Waals surface area contributed by atoms with Gasteiger partial charge in [0.2, 0.25) is 0 Å². The van der Waals surface area contributed by atoms with E-state index in [0.717, 1.165) is 60.2 Å². The summed E-state index contributed by atoms with van der Waals surface area (Å²) >= 11 is 0. The van der Waals surface area contributed by atoms with Gasteiger partial charge in [0.05, 0.1) is 13.2 Å². The van der Waals surface area contributed by atoms with Crippen LogP contribution in [0.15, 0.2) is 71.1 Å². The van der Waals surface area contributed by atoms with Crippen LogP contribution in [0.25, 0.3) is 0 Å². The number of ketones is 2. The smallest absolute Gasteiger partial charge is 0.161 e. The molecule has 5 heteroatoms. The highest BCUT2D eigenvalue weighted by Gasteiger charge is 2.43. The van der Waals surface area contributed by atoms with Crippen molar-refractivity contribution in [2.24, 2.45) is 0 Å². The van der Waals surface area contributed by atoms with E-state index in [1.54, 1.807) is 0 Å². The second-order valence-corrected chi connectivity index (χ2v) is 9.77. The maximum atomic E-state index is 13.5. The summed E-state index contributed by atoms with van der Waals surface area (Å²) < 4.78 is 11.9. The molecule has 5 nitrogen and oxygen atoms in total. The van der Waals surface area contributed by atoms with Gasteiger partial charge in [0.1, 0.15) is 0 Å². The van der Waals surface area contributed by atoms with Crippen molar-refractivity contribution in [1.29, 1.82) is 0 Å². The molecule has 0 atom stereocenters. The minimum Gasteiger partial charge on any atom is -0.490 e. The monoisotopic (exact) mass is 485 g/mol. The van der Waals surface area contributed by atoms with E-state index in [-0.39, 0.29) is 17.5 Å². The number of benzene rings is 2. The highest BCUT2D eigenvalue weighted by atomic mass is 16.5. The van der Waals surface area contributed by atoms with Crippen molar-refractivity contribution >= 4 is 11.6 Å². The topological polar surface area (TPSA) is 55.8 Å². The van der Waals surface area contributed by atoms with Crippen molar-refractivity contribution in [2.45, 2.75) is 71.3 Å². The molecule has 0 unspecified atom stereocenters. The van der Waals surface area contributed by atoms with Crippen LogP contribution in [0.1, 0.15) is 75.8 Å². The molecule has 2 aliphatic carbocycles. The first-order valence-electron chi connectivity index (χ1n) is 13.4. The zero-order valence-electron chi connectivity index (χ0n) is 21.3. The van der Waals surface area contributed by atoms with Crippen LogP contribution in [-0.4, -0.2) is 29.7 Å². The number of allylic oxidation sites excluding steroid dienone is 4. The maximum Gasteiger partial charge on any atom is 0.161 e. The number of ether oxygens (including phenoxy) is 2. The molecular formula is C31H35NO4. The standard InChI is InChI=1S/C31H35NO4/c1-3-18-36-27-17-16-22(19-28(27)35-4-2)29-30-23(12-8-14-25(30)33)32(20-21-10-6-5-7-11-21)24-13-9-15-26(34)31(24)29/h5-7,10-11,16-17,19,29H,3-4,8-9,12-15,18,20H2,1-2H3. The van der Waals surface area contributed by atoms with Crippen LogP contribution in [0, 0.1) is 0 Å². The van der Waals surface area contributed by atoms with Gasteiger partial charge in [-0.3, -0.25) is 9.59 Å². The Hall–Kier alpha value is -3.34. The van der Waals surface area contributed by atoms with Crippen LogP contribution in [-0.2, 0) is 16.1 Å². The molecule has 0 spiro atoms. The van der Waals surface area contributed by atoms with E-state index >= 15 is 0 Å². The van der Waals surface area contributed by atoms with Crippen molar-refractivity contribution in [3.63, 3.8) is 0 Å². The lowest BCUT2D eigenvalue weighted by atomic mass is 9.71. The van der Waals surface area contributed by atoms with Gasteiger partial charge < -0.3 is 14.4 Å². The molecule has 0 radical (unpaired) electrons. The minimum atomic E-state index is -0.345. The maximum absolute atomic E-state index is 13.5. The van der Waals surface area contributed by atoms with Crippen molar-refractivity contribution in [2.75, 3.05) is 13.2 Å². The second-order valence-electron chi connectivity index (χ2n) is 9.77.